The summed E-state index contributed by atoms with van der Waals surface area (Å²) >= 11 is 0. The van der Waals surface area contributed by atoms with Gasteiger partial charge in [0.15, 0.2) is 0 Å². The van der Waals surface area contributed by atoms with Crippen LogP contribution in [-0.2, 0) is 19.1 Å². The zero-order valence-electron chi connectivity index (χ0n) is 10.3. The molecule has 0 spiro atoms. The van der Waals surface area contributed by atoms with Gasteiger partial charge in [0.25, 0.3) is 0 Å². The van der Waals surface area contributed by atoms with Gasteiger partial charge in [0.1, 0.15) is 0 Å². The Morgan fingerprint density at radius 3 is 2.28 bits per heavy atom. The Bertz CT molecular complexity index is 472. The van der Waals surface area contributed by atoms with E-state index in [4.69, 9.17) is 4.74 Å². The summed E-state index contributed by atoms with van der Waals surface area (Å²) in [5, 5.41) is 0. The molecule has 0 fully saturated rings. The summed E-state index contributed by atoms with van der Waals surface area (Å²) in [5.41, 5.74) is 1.09. The molecule has 0 radical (unpaired) electrons. The molecule has 1 aromatic carbocycles. The summed E-state index contributed by atoms with van der Waals surface area (Å²) in [5.74, 6) is -0.945. The first-order valence-corrected chi connectivity index (χ1v) is 5.29. The Kier molecular flexibility index (Phi) is 5.38. The summed E-state index contributed by atoms with van der Waals surface area (Å²) in [6.07, 6.45) is 4.19. The van der Waals surface area contributed by atoms with Gasteiger partial charge in [-0.3, -0.25) is 0 Å². The third kappa shape index (κ3) is 3.90. The summed E-state index contributed by atoms with van der Waals surface area (Å²) in [7, 11) is 2.60. The zero-order valence-corrected chi connectivity index (χ0v) is 10.3. The van der Waals surface area contributed by atoms with Crippen molar-refractivity contribution in [2.24, 2.45) is 0 Å². The number of hydrogen-bond donors (Lipinski definition) is 0. The minimum absolute atomic E-state index is 0.373. The number of benzene rings is 1. The molecule has 4 heteroatoms. The summed E-state index contributed by atoms with van der Waals surface area (Å²) in [4.78, 5) is 22.5. The number of methoxy groups -OCH3 is 2. The molecule has 4 nitrogen and oxygen atoms in total. The maximum atomic E-state index is 11.6. The maximum absolute atomic E-state index is 11.6. The van der Waals surface area contributed by atoms with Crippen molar-refractivity contribution in [3.63, 3.8) is 0 Å². The van der Waals surface area contributed by atoms with E-state index in [0.717, 1.165) is 5.56 Å². The summed E-state index contributed by atoms with van der Waals surface area (Å²) in [6.45, 7) is 0. The van der Waals surface area contributed by atoms with Crippen LogP contribution in [0.5, 0.6) is 0 Å². The van der Waals surface area contributed by atoms with Crippen LogP contribution in [0.1, 0.15) is 5.56 Å². The maximum Gasteiger partial charge on any atom is 0.338 e. The molecule has 0 unspecified atom stereocenters. The van der Waals surface area contributed by atoms with Crippen molar-refractivity contribution >= 4 is 17.5 Å². The molecule has 18 heavy (non-hydrogen) atoms. The van der Waals surface area contributed by atoms with Crippen LogP contribution >= 0.6 is 0 Å². The minimum atomic E-state index is -0.483. The van der Waals surface area contributed by atoms with E-state index in [1.54, 1.807) is 12.1 Å². The van der Waals surface area contributed by atoms with Gasteiger partial charge in [0, 0.05) is 6.08 Å². The van der Waals surface area contributed by atoms with Gasteiger partial charge in [-0.1, -0.05) is 36.4 Å². The van der Waals surface area contributed by atoms with E-state index in [0.29, 0.717) is 5.57 Å². The second-order valence-corrected chi connectivity index (χ2v) is 3.32. The van der Waals surface area contributed by atoms with Crippen molar-refractivity contribution in [1.82, 2.24) is 0 Å². The van der Waals surface area contributed by atoms with E-state index in [2.05, 4.69) is 4.74 Å². The van der Waals surface area contributed by atoms with E-state index in [-0.39, 0.29) is 0 Å². The predicted octanol–water partition coefficient (Wildman–Crippen LogP) is 1.97. The first-order chi connectivity index (χ1) is 8.69. The predicted molar refractivity (Wildman–Crippen MR) is 67.6 cm³/mol. The number of hydrogen-bond acceptors (Lipinski definition) is 4. The molecule has 0 amide bonds. The molecule has 0 bridgehead atoms. The molecule has 0 aromatic heterocycles. The monoisotopic (exact) mass is 246 g/mol. The number of esters is 2. The molecule has 1 aromatic rings. The molecule has 0 atom stereocenters. The molecule has 0 heterocycles. The van der Waals surface area contributed by atoms with Gasteiger partial charge in [-0.25, -0.2) is 9.59 Å². The standard InChI is InChI=1S/C14H14O4/c1-17-13(15)10-6-9-12(14(16)18-2)11-7-4-3-5-8-11/h3-10H,1-2H3/b10-6-,12-9+. The molecule has 0 saturated heterocycles. The smallest absolute Gasteiger partial charge is 0.338 e. The number of carbonyl (C=O) groups excluding carboxylic acids is 2. The van der Waals surface area contributed by atoms with E-state index >= 15 is 0 Å². The van der Waals surface area contributed by atoms with Gasteiger partial charge in [0.2, 0.25) is 0 Å². The number of ether oxygens (including phenoxy) is 2. The van der Waals surface area contributed by atoms with Crippen LogP contribution in [0.15, 0.2) is 48.6 Å². The molecule has 0 aliphatic carbocycles. The first-order valence-electron chi connectivity index (χ1n) is 5.29. The van der Waals surface area contributed by atoms with E-state index < -0.39 is 11.9 Å². The van der Waals surface area contributed by atoms with Gasteiger partial charge in [-0.05, 0) is 11.6 Å². The van der Waals surface area contributed by atoms with Crippen molar-refractivity contribution in [2.75, 3.05) is 14.2 Å². The molecule has 94 valence electrons. The molecule has 0 N–H and O–H groups in total. The minimum Gasteiger partial charge on any atom is -0.466 e. The van der Waals surface area contributed by atoms with Crippen LogP contribution in [0.25, 0.3) is 5.57 Å². The molecule has 1 rings (SSSR count). The molecular weight excluding hydrogens is 232 g/mol. The third-order valence-electron chi connectivity index (χ3n) is 2.19. The summed E-state index contributed by atoms with van der Waals surface area (Å²) < 4.78 is 9.15. The molecule has 0 saturated carbocycles. The number of rotatable bonds is 4. The van der Waals surface area contributed by atoms with Gasteiger partial charge in [-0.2, -0.15) is 0 Å². The van der Waals surface area contributed by atoms with E-state index in [9.17, 15) is 9.59 Å². The lowest BCUT2D eigenvalue weighted by Gasteiger charge is -2.04. The van der Waals surface area contributed by atoms with Crippen LogP contribution in [0, 0.1) is 0 Å². The van der Waals surface area contributed by atoms with Crippen LogP contribution in [0.4, 0.5) is 0 Å². The fraction of sp³-hybridized carbons (Fsp3) is 0.143. The van der Waals surface area contributed by atoms with Gasteiger partial charge < -0.3 is 9.47 Å². The molecule has 0 aliphatic rings. The highest BCUT2D eigenvalue weighted by molar-refractivity contribution is 6.16. The van der Waals surface area contributed by atoms with Gasteiger partial charge in [0.05, 0.1) is 19.8 Å². The lowest BCUT2D eigenvalue weighted by Crippen LogP contribution is -2.03. The van der Waals surface area contributed by atoms with Crippen molar-refractivity contribution in [1.29, 1.82) is 0 Å². The number of allylic oxidation sites excluding steroid dienone is 2. The van der Waals surface area contributed by atoms with Crippen molar-refractivity contribution < 1.29 is 19.1 Å². The normalized spacial score (nSPS) is 11.3. The van der Waals surface area contributed by atoms with Crippen LogP contribution in [-0.4, -0.2) is 26.2 Å². The second kappa shape index (κ2) is 7.06. The third-order valence-corrected chi connectivity index (χ3v) is 2.19. The molecular formula is C14H14O4. The average molecular weight is 246 g/mol. The Hall–Kier alpha value is -2.36. The van der Waals surface area contributed by atoms with E-state index in [1.807, 2.05) is 18.2 Å². The highest BCUT2D eigenvalue weighted by Crippen LogP contribution is 2.15. The highest BCUT2D eigenvalue weighted by Gasteiger charge is 2.10. The fourth-order valence-electron chi connectivity index (χ4n) is 1.30. The average Bonchev–Trinajstić information content (AvgIpc) is 2.43. The second-order valence-electron chi connectivity index (χ2n) is 3.32. The fourth-order valence-corrected chi connectivity index (χ4v) is 1.30. The van der Waals surface area contributed by atoms with E-state index in [1.165, 1.54) is 32.4 Å². The lowest BCUT2D eigenvalue weighted by atomic mass is 10.1. The summed E-state index contributed by atoms with van der Waals surface area (Å²) in [6, 6.07) is 9.05. The SMILES string of the molecule is COC(=O)/C=C\C=C(\C(=O)OC)c1ccccc1. The van der Waals surface area contributed by atoms with Crippen LogP contribution in [0.3, 0.4) is 0 Å². The van der Waals surface area contributed by atoms with Gasteiger partial charge in [-0.15, -0.1) is 0 Å². The highest BCUT2D eigenvalue weighted by atomic mass is 16.5. The lowest BCUT2D eigenvalue weighted by molar-refractivity contribution is -0.135. The Morgan fingerprint density at radius 2 is 1.72 bits per heavy atom. The Balaban J connectivity index is 3.00. The number of carbonyl (C=O) groups is 2. The molecule has 0 aliphatic heterocycles. The van der Waals surface area contributed by atoms with Crippen LogP contribution in [0.2, 0.25) is 0 Å². The van der Waals surface area contributed by atoms with Crippen molar-refractivity contribution in [3.8, 4) is 0 Å². The zero-order chi connectivity index (χ0) is 13.4. The van der Waals surface area contributed by atoms with Crippen LogP contribution < -0.4 is 0 Å². The van der Waals surface area contributed by atoms with Crippen molar-refractivity contribution in [2.45, 2.75) is 0 Å². The van der Waals surface area contributed by atoms with Crippen molar-refractivity contribution in [3.05, 3.63) is 54.1 Å². The Labute approximate surface area is 106 Å². The largest absolute Gasteiger partial charge is 0.466 e. The van der Waals surface area contributed by atoms with Gasteiger partial charge >= 0.3 is 11.9 Å². The topological polar surface area (TPSA) is 52.6 Å². The quantitative estimate of drug-likeness (QED) is 0.463. The first kappa shape index (κ1) is 13.7. The Morgan fingerprint density at radius 1 is 1.06 bits per heavy atom.